The maximum atomic E-state index is 12.9. The molecule has 2 aromatic carbocycles. The zero-order chi connectivity index (χ0) is 17.5. The highest BCUT2D eigenvalue weighted by Gasteiger charge is 2.16. The number of benzene rings is 2. The molecule has 2 rings (SSSR count). The summed E-state index contributed by atoms with van der Waals surface area (Å²) < 4.78 is 18.7. The Bertz CT molecular complexity index is 668. The van der Waals surface area contributed by atoms with Gasteiger partial charge in [-0.25, -0.2) is 4.39 Å². The lowest BCUT2D eigenvalue weighted by Crippen LogP contribution is -2.37. The second kappa shape index (κ2) is 8.48. The third-order valence-electron chi connectivity index (χ3n) is 3.84. The van der Waals surface area contributed by atoms with Crippen LogP contribution < -0.4 is 10.1 Å². The zero-order valence-electron chi connectivity index (χ0n) is 14.4. The molecule has 128 valence electrons. The van der Waals surface area contributed by atoms with E-state index in [-0.39, 0.29) is 11.7 Å². The monoisotopic (exact) mass is 329 g/mol. The molecule has 0 heterocycles. The summed E-state index contributed by atoms with van der Waals surface area (Å²) in [6.45, 7) is 6.42. The lowest BCUT2D eigenvalue weighted by Gasteiger charge is -2.18. The minimum atomic E-state index is -0.571. The van der Waals surface area contributed by atoms with Crippen molar-refractivity contribution >= 4 is 5.91 Å². The normalized spacial score (nSPS) is 12.0. The molecule has 0 unspecified atom stereocenters. The fourth-order valence-corrected chi connectivity index (χ4v) is 2.43. The van der Waals surface area contributed by atoms with Crippen molar-refractivity contribution in [3.8, 4) is 5.75 Å². The zero-order valence-corrected chi connectivity index (χ0v) is 14.4. The van der Waals surface area contributed by atoms with Gasteiger partial charge in [-0.15, -0.1) is 0 Å². The predicted octanol–water partition coefficient (Wildman–Crippen LogP) is 4.08. The number of nitrogens with one attached hydrogen (secondary N) is 1. The van der Waals surface area contributed by atoms with Gasteiger partial charge in [0.1, 0.15) is 11.6 Å². The summed E-state index contributed by atoms with van der Waals surface area (Å²) in [5, 5.41) is 2.86. The molecule has 0 radical (unpaired) electrons. The van der Waals surface area contributed by atoms with Gasteiger partial charge in [-0.2, -0.15) is 0 Å². The Hall–Kier alpha value is -2.36. The number of hydrogen-bond donors (Lipinski definition) is 1. The van der Waals surface area contributed by atoms with Gasteiger partial charge in [0.2, 0.25) is 0 Å². The summed E-state index contributed by atoms with van der Waals surface area (Å²) in [5.74, 6) is 0.660. The van der Waals surface area contributed by atoms with Gasteiger partial charge in [-0.1, -0.05) is 44.2 Å². The van der Waals surface area contributed by atoms with Crippen LogP contribution in [0.5, 0.6) is 5.75 Å². The van der Waals surface area contributed by atoms with Crippen LogP contribution in [-0.4, -0.2) is 18.6 Å². The fourth-order valence-electron chi connectivity index (χ4n) is 2.43. The predicted molar refractivity (Wildman–Crippen MR) is 93.7 cm³/mol. The minimum absolute atomic E-state index is 0.157. The maximum absolute atomic E-state index is 12.9. The topological polar surface area (TPSA) is 38.3 Å². The number of amides is 1. The highest BCUT2D eigenvalue weighted by molar-refractivity contribution is 5.80. The Morgan fingerprint density at radius 3 is 2.42 bits per heavy atom. The van der Waals surface area contributed by atoms with Gasteiger partial charge >= 0.3 is 0 Å². The lowest BCUT2D eigenvalue weighted by atomic mass is 10.0. The quantitative estimate of drug-likeness (QED) is 0.831. The number of para-hydroxylation sites is 1. The van der Waals surface area contributed by atoms with E-state index in [0.29, 0.717) is 18.9 Å². The number of carbonyl (C=O) groups is 1. The van der Waals surface area contributed by atoms with E-state index >= 15 is 0 Å². The van der Waals surface area contributed by atoms with E-state index in [1.54, 1.807) is 19.1 Å². The number of rotatable bonds is 7. The number of carbonyl (C=O) groups excluding carboxylic acids is 1. The Morgan fingerprint density at radius 2 is 1.75 bits per heavy atom. The second-order valence-electron chi connectivity index (χ2n) is 6.12. The van der Waals surface area contributed by atoms with Crippen LogP contribution in [-0.2, 0) is 11.2 Å². The smallest absolute Gasteiger partial charge is 0.260 e. The molecule has 0 saturated carbocycles. The molecule has 1 N–H and O–H groups in total. The van der Waals surface area contributed by atoms with Crippen LogP contribution in [0.1, 0.15) is 37.8 Å². The van der Waals surface area contributed by atoms with E-state index in [9.17, 15) is 9.18 Å². The van der Waals surface area contributed by atoms with E-state index < -0.39 is 6.10 Å². The molecule has 1 atom stereocenters. The van der Waals surface area contributed by atoms with Crippen molar-refractivity contribution in [1.82, 2.24) is 5.32 Å². The van der Waals surface area contributed by atoms with Gasteiger partial charge in [-0.3, -0.25) is 4.79 Å². The van der Waals surface area contributed by atoms with Crippen LogP contribution in [0.15, 0.2) is 48.5 Å². The molecule has 0 bridgehead atoms. The molecule has 0 aliphatic heterocycles. The maximum Gasteiger partial charge on any atom is 0.260 e. The van der Waals surface area contributed by atoms with Crippen molar-refractivity contribution in [2.75, 3.05) is 6.54 Å². The minimum Gasteiger partial charge on any atom is -0.481 e. The van der Waals surface area contributed by atoms with Crippen LogP contribution in [0, 0.1) is 5.82 Å². The average Bonchev–Trinajstić information content (AvgIpc) is 2.56. The largest absolute Gasteiger partial charge is 0.481 e. The van der Waals surface area contributed by atoms with E-state index in [4.69, 9.17) is 4.74 Å². The molecule has 24 heavy (non-hydrogen) atoms. The fraction of sp³-hybridized carbons (Fsp3) is 0.350. The summed E-state index contributed by atoms with van der Waals surface area (Å²) in [6, 6.07) is 14.1. The van der Waals surface area contributed by atoms with Crippen molar-refractivity contribution in [2.24, 2.45) is 0 Å². The summed E-state index contributed by atoms with van der Waals surface area (Å²) in [6.07, 6.45) is 0.0829. The Morgan fingerprint density at radius 1 is 1.08 bits per heavy atom. The Balaban J connectivity index is 1.85. The van der Waals surface area contributed by atoms with Crippen molar-refractivity contribution in [3.63, 3.8) is 0 Å². The van der Waals surface area contributed by atoms with Crippen molar-refractivity contribution in [2.45, 2.75) is 39.2 Å². The molecule has 2 aromatic rings. The molecule has 0 saturated heterocycles. The van der Waals surface area contributed by atoms with Gasteiger partial charge in [-0.05, 0) is 48.6 Å². The van der Waals surface area contributed by atoms with Crippen LogP contribution in [0.4, 0.5) is 4.39 Å². The van der Waals surface area contributed by atoms with E-state index in [1.165, 1.54) is 12.1 Å². The van der Waals surface area contributed by atoms with E-state index in [0.717, 1.165) is 16.9 Å². The molecular weight excluding hydrogens is 305 g/mol. The first-order chi connectivity index (χ1) is 11.5. The number of halogens is 1. The molecule has 0 aromatic heterocycles. The summed E-state index contributed by atoms with van der Waals surface area (Å²) in [7, 11) is 0. The number of ether oxygens (including phenoxy) is 1. The molecule has 3 nitrogen and oxygen atoms in total. The highest BCUT2D eigenvalue weighted by Crippen LogP contribution is 2.26. The molecule has 4 heteroatoms. The van der Waals surface area contributed by atoms with Gasteiger partial charge < -0.3 is 10.1 Å². The molecular formula is C20H24FNO2. The lowest BCUT2D eigenvalue weighted by molar-refractivity contribution is -0.127. The molecule has 0 spiro atoms. The molecule has 0 aliphatic carbocycles. The number of hydrogen-bond acceptors (Lipinski definition) is 2. The first-order valence-corrected chi connectivity index (χ1v) is 8.25. The van der Waals surface area contributed by atoms with Gasteiger partial charge in [0, 0.05) is 6.54 Å². The summed E-state index contributed by atoms with van der Waals surface area (Å²) >= 11 is 0. The van der Waals surface area contributed by atoms with Crippen LogP contribution in [0.3, 0.4) is 0 Å². The first kappa shape index (κ1) is 18.0. The van der Waals surface area contributed by atoms with Gasteiger partial charge in [0.15, 0.2) is 6.10 Å². The van der Waals surface area contributed by atoms with Gasteiger partial charge in [0.25, 0.3) is 5.91 Å². The SMILES string of the molecule is CC(C)c1ccccc1O[C@@H](C)C(=O)NCCc1ccc(F)cc1. The van der Waals surface area contributed by atoms with Crippen molar-refractivity contribution in [1.29, 1.82) is 0 Å². The third-order valence-corrected chi connectivity index (χ3v) is 3.84. The van der Waals surface area contributed by atoms with Crippen LogP contribution in [0.2, 0.25) is 0 Å². The third kappa shape index (κ3) is 5.08. The first-order valence-electron chi connectivity index (χ1n) is 8.25. The van der Waals surface area contributed by atoms with Crippen molar-refractivity contribution < 1.29 is 13.9 Å². The van der Waals surface area contributed by atoms with E-state index in [2.05, 4.69) is 19.2 Å². The highest BCUT2D eigenvalue weighted by atomic mass is 19.1. The molecule has 0 fully saturated rings. The summed E-state index contributed by atoms with van der Waals surface area (Å²) in [5.41, 5.74) is 2.07. The second-order valence-corrected chi connectivity index (χ2v) is 6.12. The molecule has 0 aliphatic rings. The van der Waals surface area contributed by atoms with Crippen LogP contribution in [0.25, 0.3) is 0 Å². The van der Waals surface area contributed by atoms with Crippen LogP contribution >= 0.6 is 0 Å². The standard InChI is InChI=1S/C20H24FNO2/c1-14(2)18-6-4-5-7-19(18)24-15(3)20(23)22-13-12-16-8-10-17(21)11-9-16/h4-11,14-15H,12-13H2,1-3H3,(H,22,23)/t15-/m0/s1. The van der Waals surface area contributed by atoms with Gasteiger partial charge in [0.05, 0.1) is 0 Å². The summed E-state index contributed by atoms with van der Waals surface area (Å²) in [4.78, 5) is 12.2. The Labute approximate surface area is 142 Å². The molecule has 1 amide bonds. The Kier molecular flexibility index (Phi) is 6.36. The van der Waals surface area contributed by atoms with E-state index in [1.807, 2.05) is 24.3 Å². The average molecular weight is 329 g/mol. The van der Waals surface area contributed by atoms with Crippen molar-refractivity contribution in [3.05, 3.63) is 65.5 Å².